The van der Waals surface area contributed by atoms with Crippen molar-refractivity contribution in [3.8, 4) is 11.5 Å². The van der Waals surface area contributed by atoms with Gasteiger partial charge in [0, 0.05) is 12.1 Å². The van der Waals surface area contributed by atoms with Crippen molar-refractivity contribution < 1.29 is 9.32 Å². The van der Waals surface area contributed by atoms with Gasteiger partial charge in [-0.15, -0.1) is 0 Å². The van der Waals surface area contributed by atoms with Crippen molar-refractivity contribution in [3.63, 3.8) is 0 Å². The number of aromatic nitrogens is 2. The Balaban J connectivity index is 1.82. The summed E-state index contributed by atoms with van der Waals surface area (Å²) in [5.74, 6) is 0.778. The Labute approximate surface area is 158 Å². The lowest BCUT2D eigenvalue weighted by atomic mass is 9.92. The Morgan fingerprint density at radius 1 is 1.35 bits per heavy atom. The van der Waals surface area contributed by atoms with Crippen molar-refractivity contribution in [1.29, 1.82) is 0 Å². The summed E-state index contributed by atoms with van der Waals surface area (Å²) >= 11 is 6.31. The normalized spacial score (nSPS) is 16.7. The van der Waals surface area contributed by atoms with Crippen LogP contribution < -0.4 is 11.1 Å². The number of anilines is 1. The van der Waals surface area contributed by atoms with Crippen molar-refractivity contribution in [1.82, 2.24) is 10.1 Å². The Hall–Kier alpha value is -1.92. The number of rotatable bonds is 4. The molecule has 26 heavy (non-hydrogen) atoms. The molecular formula is C19H25ClN4O2. The van der Waals surface area contributed by atoms with Gasteiger partial charge in [-0.25, -0.2) is 0 Å². The molecule has 0 bridgehead atoms. The SMILES string of the molecule is CC(C)(C)CC(=O)Nc1ccc(Cl)c(-c2nc(C3(N)CCCC3)no2)c1. The first-order valence-electron chi connectivity index (χ1n) is 8.89. The summed E-state index contributed by atoms with van der Waals surface area (Å²) in [6.07, 6.45) is 4.25. The summed E-state index contributed by atoms with van der Waals surface area (Å²) in [5, 5.41) is 7.44. The summed E-state index contributed by atoms with van der Waals surface area (Å²) in [6.45, 7) is 6.06. The number of amides is 1. The van der Waals surface area contributed by atoms with Crippen molar-refractivity contribution in [3.05, 3.63) is 29.0 Å². The number of halogens is 1. The van der Waals surface area contributed by atoms with Crippen LogP contribution in [0.15, 0.2) is 22.7 Å². The number of hydrogen-bond donors (Lipinski definition) is 2. The van der Waals surface area contributed by atoms with Crippen LogP contribution in [0.1, 0.15) is 58.7 Å². The Bertz CT molecular complexity index is 804. The van der Waals surface area contributed by atoms with Crippen molar-refractivity contribution in [2.75, 3.05) is 5.32 Å². The van der Waals surface area contributed by atoms with Crippen LogP contribution in [0.25, 0.3) is 11.5 Å². The van der Waals surface area contributed by atoms with Crippen LogP contribution in [0.3, 0.4) is 0 Å². The van der Waals surface area contributed by atoms with E-state index in [4.69, 9.17) is 21.9 Å². The van der Waals surface area contributed by atoms with Crippen molar-refractivity contribution in [2.45, 2.75) is 58.4 Å². The molecule has 1 aliphatic carbocycles. The second-order valence-corrected chi connectivity index (χ2v) is 8.67. The molecule has 1 saturated carbocycles. The molecule has 3 N–H and O–H groups in total. The molecule has 6 nitrogen and oxygen atoms in total. The average Bonchev–Trinajstić information content (AvgIpc) is 3.17. The molecule has 1 aromatic heterocycles. The van der Waals surface area contributed by atoms with Crippen LogP contribution in [0.5, 0.6) is 0 Å². The third-order valence-corrected chi connectivity index (χ3v) is 4.87. The topological polar surface area (TPSA) is 94.0 Å². The molecule has 140 valence electrons. The molecule has 0 unspecified atom stereocenters. The number of hydrogen-bond acceptors (Lipinski definition) is 5. The minimum absolute atomic E-state index is 0.0520. The molecule has 3 rings (SSSR count). The summed E-state index contributed by atoms with van der Waals surface area (Å²) in [5.41, 5.74) is 7.01. The summed E-state index contributed by atoms with van der Waals surface area (Å²) in [7, 11) is 0. The molecule has 7 heteroatoms. The van der Waals surface area contributed by atoms with Crippen LogP contribution >= 0.6 is 11.6 Å². The quantitative estimate of drug-likeness (QED) is 0.819. The lowest BCUT2D eigenvalue weighted by Crippen LogP contribution is -2.34. The first-order valence-corrected chi connectivity index (χ1v) is 9.27. The van der Waals surface area contributed by atoms with E-state index in [0.717, 1.165) is 25.7 Å². The zero-order valence-corrected chi connectivity index (χ0v) is 16.2. The van der Waals surface area contributed by atoms with E-state index in [1.165, 1.54) is 0 Å². The third-order valence-electron chi connectivity index (χ3n) is 4.54. The van der Waals surface area contributed by atoms with E-state index in [1.54, 1.807) is 18.2 Å². The fraction of sp³-hybridized carbons (Fsp3) is 0.526. The minimum atomic E-state index is -0.521. The number of nitrogens with one attached hydrogen (secondary N) is 1. The molecule has 1 fully saturated rings. The fourth-order valence-electron chi connectivity index (χ4n) is 3.22. The highest BCUT2D eigenvalue weighted by molar-refractivity contribution is 6.33. The van der Waals surface area contributed by atoms with Gasteiger partial charge in [-0.1, -0.05) is 50.4 Å². The first-order chi connectivity index (χ1) is 12.2. The smallest absolute Gasteiger partial charge is 0.259 e. The van der Waals surface area contributed by atoms with Gasteiger partial charge in [-0.3, -0.25) is 4.79 Å². The van der Waals surface area contributed by atoms with Crippen molar-refractivity contribution in [2.24, 2.45) is 11.1 Å². The fourth-order valence-corrected chi connectivity index (χ4v) is 3.42. The molecule has 1 aliphatic rings. The Morgan fingerprint density at radius 3 is 2.69 bits per heavy atom. The average molecular weight is 377 g/mol. The molecule has 1 amide bonds. The van der Waals surface area contributed by atoms with Crippen LogP contribution in [-0.4, -0.2) is 16.0 Å². The Morgan fingerprint density at radius 2 is 2.04 bits per heavy atom. The maximum absolute atomic E-state index is 12.2. The molecule has 0 saturated heterocycles. The maximum Gasteiger partial charge on any atom is 0.259 e. The highest BCUT2D eigenvalue weighted by atomic mass is 35.5. The van der Waals surface area contributed by atoms with E-state index in [1.807, 2.05) is 20.8 Å². The predicted octanol–water partition coefficient (Wildman–Crippen LogP) is 4.49. The number of nitrogens with two attached hydrogens (primary N) is 1. The van der Waals surface area contributed by atoms with Gasteiger partial charge in [0.25, 0.3) is 5.89 Å². The number of carbonyl (C=O) groups excluding carboxylic acids is 1. The molecule has 0 atom stereocenters. The van der Waals surface area contributed by atoms with Crippen LogP contribution in [0, 0.1) is 5.41 Å². The van der Waals surface area contributed by atoms with Crippen LogP contribution in [0.2, 0.25) is 5.02 Å². The van der Waals surface area contributed by atoms with E-state index in [0.29, 0.717) is 34.4 Å². The summed E-state index contributed by atoms with van der Waals surface area (Å²) in [6, 6.07) is 5.21. The molecule has 1 heterocycles. The molecule has 1 aromatic carbocycles. The molecule has 0 aliphatic heterocycles. The van der Waals surface area contributed by atoms with Crippen LogP contribution in [-0.2, 0) is 10.3 Å². The molecule has 0 radical (unpaired) electrons. The van der Waals surface area contributed by atoms with Gasteiger partial charge in [-0.05, 0) is 36.5 Å². The second-order valence-electron chi connectivity index (χ2n) is 8.27. The number of nitrogens with zero attached hydrogens (tertiary/aromatic N) is 2. The van der Waals surface area contributed by atoms with Gasteiger partial charge in [0.15, 0.2) is 5.82 Å². The number of carbonyl (C=O) groups is 1. The van der Waals surface area contributed by atoms with Gasteiger partial charge in [-0.2, -0.15) is 4.98 Å². The zero-order chi connectivity index (χ0) is 18.9. The van der Waals surface area contributed by atoms with E-state index in [2.05, 4.69) is 15.5 Å². The lowest BCUT2D eigenvalue weighted by Gasteiger charge is -2.18. The highest BCUT2D eigenvalue weighted by Crippen LogP contribution is 2.37. The van der Waals surface area contributed by atoms with E-state index >= 15 is 0 Å². The lowest BCUT2D eigenvalue weighted by molar-refractivity contribution is -0.117. The third kappa shape index (κ3) is 4.24. The van der Waals surface area contributed by atoms with E-state index < -0.39 is 5.54 Å². The maximum atomic E-state index is 12.2. The zero-order valence-electron chi connectivity index (χ0n) is 15.4. The van der Waals surface area contributed by atoms with Gasteiger partial charge in [0.05, 0.1) is 16.1 Å². The van der Waals surface area contributed by atoms with Crippen LogP contribution in [0.4, 0.5) is 5.69 Å². The predicted molar refractivity (Wildman–Crippen MR) is 102 cm³/mol. The minimum Gasteiger partial charge on any atom is -0.334 e. The largest absolute Gasteiger partial charge is 0.334 e. The molecule has 2 aromatic rings. The molecular weight excluding hydrogens is 352 g/mol. The highest BCUT2D eigenvalue weighted by Gasteiger charge is 2.36. The van der Waals surface area contributed by atoms with E-state index in [9.17, 15) is 4.79 Å². The van der Waals surface area contributed by atoms with Gasteiger partial charge in [0.1, 0.15) is 0 Å². The monoisotopic (exact) mass is 376 g/mol. The number of benzene rings is 1. The van der Waals surface area contributed by atoms with Crippen molar-refractivity contribution >= 4 is 23.2 Å². The molecule has 0 spiro atoms. The summed E-state index contributed by atoms with van der Waals surface area (Å²) < 4.78 is 5.41. The first kappa shape index (κ1) is 18.9. The summed E-state index contributed by atoms with van der Waals surface area (Å²) in [4.78, 5) is 16.6. The van der Waals surface area contributed by atoms with Gasteiger partial charge in [0.2, 0.25) is 5.91 Å². The van der Waals surface area contributed by atoms with E-state index in [-0.39, 0.29) is 11.3 Å². The van der Waals surface area contributed by atoms with Gasteiger partial charge < -0.3 is 15.6 Å². The Kier molecular flexibility index (Phi) is 5.08. The second kappa shape index (κ2) is 7.00. The van der Waals surface area contributed by atoms with Gasteiger partial charge >= 0.3 is 0 Å². The standard InChI is InChI=1S/C19H25ClN4O2/c1-18(2,3)11-15(25)22-12-6-7-14(20)13(10-12)16-23-17(24-26-16)19(21)8-4-5-9-19/h6-7,10H,4-5,8-9,11,21H2,1-3H3,(H,22,25).